The quantitative estimate of drug-likeness (QED) is 0.543. The molecule has 10 heteroatoms. The van der Waals surface area contributed by atoms with Crippen LogP contribution in [-0.2, 0) is 25.9 Å². The van der Waals surface area contributed by atoms with Gasteiger partial charge in [0.2, 0.25) is 0 Å². The molecule has 0 aliphatic rings. The maximum Gasteiger partial charge on any atom is 1.00 e. The van der Waals surface area contributed by atoms with Crippen molar-refractivity contribution in [3.8, 4) is 5.75 Å². The van der Waals surface area contributed by atoms with Gasteiger partial charge in [0.1, 0.15) is 11.1 Å². The molecule has 2 heterocycles. The van der Waals surface area contributed by atoms with Crippen molar-refractivity contribution in [2.75, 3.05) is 11.8 Å². The van der Waals surface area contributed by atoms with Crippen molar-refractivity contribution in [3.63, 3.8) is 0 Å². The maximum atomic E-state index is 10.7. The Balaban J connectivity index is 0.00000176. The number of benzene rings is 1. The molecule has 0 radical (unpaired) electrons. The number of hydrogen-bond donors (Lipinski definition) is 1. The summed E-state index contributed by atoms with van der Waals surface area (Å²) in [7, 11) is -0.987. The maximum absolute atomic E-state index is 10.7. The number of nitrogens with zero attached hydrogens (tertiary/aromatic N) is 3. The van der Waals surface area contributed by atoms with Crippen molar-refractivity contribution in [1.29, 1.82) is 0 Å². The van der Waals surface area contributed by atoms with E-state index in [4.69, 9.17) is 9.26 Å². The largest absolute Gasteiger partial charge is 1.00 e. The van der Waals surface area contributed by atoms with E-state index >= 15 is 0 Å². The first-order valence-electron chi connectivity index (χ1n) is 5.97. The van der Waals surface area contributed by atoms with Gasteiger partial charge in [0.15, 0.2) is 11.4 Å². The summed E-state index contributed by atoms with van der Waals surface area (Å²) < 4.78 is 35.9. The summed E-state index contributed by atoms with van der Waals surface area (Å²) in [5, 5.41) is 8.31. The van der Waals surface area contributed by atoms with Crippen LogP contribution in [0.4, 0.5) is 5.82 Å². The molecule has 3 rings (SSSR count). The standard InChI is InChI=1S/C12H11N4O4S.Rb/c1-19-9-5-8(7-16-4-2-3-13-16)6-10-11(9)12(14-20-10)15-21(17)18;/h2-6H,7H2,1H3,(H,14,15,17,18);/q-1;+1. The Morgan fingerprint density at radius 2 is 2.23 bits per heavy atom. The Kier molecular flexibility index (Phi) is 6.15. The molecule has 0 amide bonds. The molecule has 2 aromatic heterocycles. The molecule has 0 saturated carbocycles. The van der Waals surface area contributed by atoms with Gasteiger partial charge in [0.05, 0.1) is 13.7 Å². The van der Waals surface area contributed by atoms with E-state index in [1.807, 2.05) is 12.3 Å². The number of fused-ring (bicyclic) bond motifs is 1. The Bertz CT molecular complexity index is 836. The molecule has 0 aliphatic carbocycles. The molecule has 110 valence electrons. The van der Waals surface area contributed by atoms with Crippen LogP contribution in [0.3, 0.4) is 0 Å². The monoisotopic (exact) mass is 392 g/mol. The number of nitrogens with one attached hydrogen (secondary N) is 1. The average Bonchev–Trinajstić information content (AvgIpc) is 3.08. The van der Waals surface area contributed by atoms with E-state index in [2.05, 4.69) is 15.0 Å². The van der Waals surface area contributed by atoms with Gasteiger partial charge in [-0.2, -0.15) is 5.10 Å². The average molecular weight is 393 g/mol. The molecule has 22 heavy (non-hydrogen) atoms. The summed E-state index contributed by atoms with van der Waals surface area (Å²) in [5.74, 6) is 0.574. The van der Waals surface area contributed by atoms with Crippen molar-refractivity contribution in [3.05, 3.63) is 36.2 Å². The van der Waals surface area contributed by atoms with Crippen molar-refractivity contribution >= 4 is 27.7 Å². The summed E-state index contributed by atoms with van der Waals surface area (Å²) >= 11 is 0. The van der Waals surface area contributed by atoms with Crippen molar-refractivity contribution in [2.45, 2.75) is 6.54 Å². The van der Waals surface area contributed by atoms with E-state index in [-0.39, 0.29) is 64.0 Å². The Hall–Kier alpha value is -0.745. The first kappa shape index (κ1) is 17.6. The van der Waals surface area contributed by atoms with Gasteiger partial charge in [0, 0.05) is 23.3 Å². The van der Waals surface area contributed by atoms with Gasteiger partial charge < -0.3 is 22.4 Å². The molecular weight excluding hydrogens is 382 g/mol. The molecular formula is C12H11N4O4RbS. The van der Waals surface area contributed by atoms with E-state index in [0.29, 0.717) is 23.3 Å². The summed E-state index contributed by atoms with van der Waals surface area (Å²) in [5.41, 5.74) is 1.33. The number of rotatable bonds is 5. The van der Waals surface area contributed by atoms with E-state index in [1.165, 1.54) is 7.11 Å². The number of anilines is 1. The van der Waals surface area contributed by atoms with Crippen LogP contribution in [0.2, 0.25) is 0 Å². The summed E-state index contributed by atoms with van der Waals surface area (Å²) in [6.45, 7) is 0.538. The minimum atomic E-state index is -2.48. The van der Waals surface area contributed by atoms with Gasteiger partial charge in [-0.05, 0) is 23.8 Å². The zero-order chi connectivity index (χ0) is 14.8. The SMILES string of the molecule is COc1cc(Cn2cccn2)cc2onc(N[S-](=O)=O)c12.[Rb+]. The second-order valence-corrected chi connectivity index (χ2v) is 4.92. The fourth-order valence-electron chi connectivity index (χ4n) is 2.07. The molecule has 0 saturated heterocycles. The van der Waals surface area contributed by atoms with Crippen LogP contribution < -0.4 is 67.6 Å². The van der Waals surface area contributed by atoms with E-state index < -0.39 is 10.9 Å². The van der Waals surface area contributed by atoms with Gasteiger partial charge in [-0.1, -0.05) is 5.16 Å². The summed E-state index contributed by atoms with van der Waals surface area (Å²) in [4.78, 5) is 0. The molecule has 0 aliphatic heterocycles. The molecule has 3 aromatic rings. The van der Waals surface area contributed by atoms with Crippen LogP contribution in [0.15, 0.2) is 35.1 Å². The van der Waals surface area contributed by atoms with E-state index in [1.54, 1.807) is 23.0 Å². The third-order valence-corrected chi connectivity index (χ3v) is 3.26. The molecule has 1 N–H and O–H groups in total. The molecule has 0 atom stereocenters. The molecule has 1 aromatic carbocycles. The number of hydrogen-bond acceptors (Lipinski definition) is 7. The third-order valence-electron chi connectivity index (χ3n) is 2.90. The number of ether oxygens (including phenoxy) is 1. The minimum Gasteiger partial charge on any atom is -0.496 e. The second kappa shape index (κ2) is 7.69. The van der Waals surface area contributed by atoms with Gasteiger partial charge in [-0.15, -0.1) is 0 Å². The summed E-state index contributed by atoms with van der Waals surface area (Å²) in [6.07, 6.45) is 3.53. The van der Waals surface area contributed by atoms with Crippen LogP contribution in [-0.4, -0.2) is 22.0 Å². The molecule has 8 nitrogen and oxygen atoms in total. The van der Waals surface area contributed by atoms with Crippen LogP contribution in [0, 0.1) is 0 Å². The van der Waals surface area contributed by atoms with Gasteiger partial charge >= 0.3 is 58.2 Å². The van der Waals surface area contributed by atoms with Crippen molar-refractivity contribution < 1.29 is 75.9 Å². The normalized spacial score (nSPS) is 10.6. The Morgan fingerprint density at radius 3 is 2.86 bits per heavy atom. The van der Waals surface area contributed by atoms with Crippen LogP contribution in [0.1, 0.15) is 5.56 Å². The zero-order valence-corrected chi connectivity index (χ0v) is 17.7. The first-order valence-corrected chi connectivity index (χ1v) is 7.04. The van der Waals surface area contributed by atoms with Gasteiger partial charge in [-0.3, -0.25) is 4.68 Å². The number of aromatic nitrogens is 3. The van der Waals surface area contributed by atoms with Crippen LogP contribution >= 0.6 is 0 Å². The van der Waals surface area contributed by atoms with Crippen LogP contribution in [0.25, 0.3) is 11.0 Å². The van der Waals surface area contributed by atoms with Crippen molar-refractivity contribution in [1.82, 2.24) is 14.9 Å². The van der Waals surface area contributed by atoms with Gasteiger partial charge in [0.25, 0.3) is 0 Å². The van der Waals surface area contributed by atoms with Crippen molar-refractivity contribution in [2.24, 2.45) is 0 Å². The smallest absolute Gasteiger partial charge is 0.496 e. The Morgan fingerprint density at radius 1 is 1.41 bits per heavy atom. The first-order chi connectivity index (χ1) is 10.2. The van der Waals surface area contributed by atoms with Gasteiger partial charge in [-0.25, -0.2) is 0 Å². The van der Waals surface area contributed by atoms with E-state index in [0.717, 1.165) is 5.56 Å². The predicted molar refractivity (Wildman–Crippen MR) is 74.3 cm³/mol. The zero-order valence-electron chi connectivity index (χ0n) is 12.0. The second-order valence-electron chi connectivity index (χ2n) is 4.24. The molecule has 0 spiro atoms. The Labute approximate surface area is 176 Å². The molecule has 0 fully saturated rings. The fourth-order valence-corrected chi connectivity index (χ4v) is 2.37. The fraction of sp³-hybridized carbons (Fsp3) is 0.167. The summed E-state index contributed by atoms with van der Waals surface area (Å²) in [6, 6.07) is 5.39. The minimum absolute atomic E-state index is 0. The molecule has 0 bridgehead atoms. The van der Waals surface area contributed by atoms with Crippen LogP contribution in [0.5, 0.6) is 5.75 Å². The predicted octanol–water partition coefficient (Wildman–Crippen LogP) is -1.28. The topological polar surface area (TPSA) is 99.2 Å². The number of methoxy groups -OCH3 is 1. The third kappa shape index (κ3) is 3.77. The molecule has 0 unspecified atom stereocenters. The van der Waals surface area contributed by atoms with E-state index in [9.17, 15) is 8.42 Å².